The van der Waals surface area contributed by atoms with Crippen LogP contribution < -0.4 is 9.47 Å². The van der Waals surface area contributed by atoms with Gasteiger partial charge in [0.2, 0.25) is 12.1 Å². The van der Waals surface area contributed by atoms with Gasteiger partial charge in [-0.3, -0.25) is 4.79 Å². The Labute approximate surface area is 279 Å². The van der Waals surface area contributed by atoms with Crippen molar-refractivity contribution in [1.29, 1.82) is 0 Å². The van der Waals surface area contributed by atoms with Crippen molar-refractivity contribution in [2.45, 2.75) is 60.9 Å². The van der Waals surface area contributed by atoms with Crippen molar-refractivity contribution < 1.29 is 84.0 Å². The van der Waals surface area contributed by atoms with Crippen LogP contribution in [-0.4, -0.2) is 146 Å². The van der Waals surface area contributed by atoms with Crippen LogP contribution in [0.5, 0.6) is 23.0 Å². The number of hydrogen-bond acceptors (Lipinski definition) is 17. The monoisotopic (exact) mass is 694 g/mol. The van der Waals surface area contributed by atoms with E-state index in [0.29, 0.717) is 11.1 Å². The molecule has 2 heterocycles. The number of ketones is 1. The quantitative estimate of drug-likeness (QED) is 0.0854. The molecular weight excluding hydrogens is 656 g/mol. The van der Waals surface area contributed by atoms with Crippen LogP contribution in [0.2, 0.25) is 0 Å². The van der Waals surface area contributed by atoms with Crippen molar-refractivity contribution in [2.75, 3.05) is 27.4 Å². The third kappa shape index (κ3) is 8.03. The lowest BCUT2D eigenvalue weighted by atomic mass is 9.82. The Morgan fingerprint density at radius 2 is 1.35 bits per heavy atom. The summed E-state index contributed by atoms with van der Waals surface area (Å²) in [6, 6.07) is 8.13. The van der Waals surface area contributed by atoms with Gasteiger partial charge in [-0.25, -0.2) is 4.79 Å². The highest BCUT2D eigenvalue weighted by Crippen LogP contribution is 2.37. The van der Waals surface area contributed by atoms with Gasteiger partial charge in [-0.15, -0.1) is 0 Å². The average molecular weight is 695 g/mol. The molecule has 4 rings (SSSR count). The molecule has 268 valence electrons. The molecule has 0 amide bonds. The number of ether oxygens (including phenoxy) is 6. The van der Waals surface area contributed by atoms with Gasteiger partial charge in [0.05, 0.1) is 27.4 Å². The number of rotatable bonds is 12. The molecule has 10 atom stereocenters. The Hall–Kier alpha value is -4.14. The number of phenols is 2. The lowest BCUT2D eigenvalue weighted by Crippen LogP contribution is -2.72. The Morgan fingerprint density at radius 1 is 0.776 bits per heavy atom. The summed E-state index contributed by atoms with van der Waals surface area (Å²) in [5, 5.41) is 92.2. The Morgan fingerprint density at radius 3 is 1.90 bits per heavy atom. The van der Waals surface area contributed by atoms with Gasteiger partial charge in [-0.05, 0) is 47.5 Å². The van der Waals surface area contributed by atoms with E-state index >= 15 is 0 Å². The van der Waals surface area contributed by atoms with Crippen molar-refractivity contribution in [3.8, 4) is 23.0 Å². The van der Waals surface area contributed by atoms with Gasteiger partial charge in [0.15, 0.2) is 29.3 Å². The molecule has 2 aliphatic heterocycles. The van der Waals surface area contributed by atoms with Gasteiger partial charge in [0.25, 0.3) is 5.60 Å². The first-order chi connectivity index (χ1) is 23.3. The number of hydrogen-bond donors (Lipinski definition) is 9. The van der Waals surface area contributed by atoms with Crippen LogP contribution in [0.15, 0.2) is 48.6 Å². The zero-order chi connectivity index (χ0) is 36.0. The normalized spacial score (nSPS) is 31.9. The SMILES string of the molecule is COc1cc(C=CC(=O)O[C@@]2(C(=O)C=Cc3ccc(O)c(OC)c3)[C@H](OC[C@H]3O[C@@H](O)[C@H](O)[C@@H](O)[C@@H]3O)O[C@H](CO)[C@@H](O)[C@@H]2O)ccc1O. The summed E-state index contributed by atoms with van der Waals surface area (Å²) in [6.45, 7) is -1.73. The largest absolute Gasteiger partial charge is 0.504 e. The Balaban J connectivity index is 1.73. The van der Waals surface area contributed by atoms with E-state index in [4.69, 9.17) is 28.4 Å². The maximum atomic E-state index is 14.1. The molecule has 2 aromatic rings. The molecule has 17 heteroatoms. The topological polar surface area (TPSA) is 272 Å². The summed E-state index contributed by atoms with van der Waals surface area (Å²) in [5.74, 6) is -2.73. The van der Waals surface area contributed by atoms with Gasteiger partial charge >= 0.3 is 5.97 Å². The van der Waals surface area contributed by atoms with Gasteiger partial charge in [0.1, 0.15) is 42.7 Å². The highest BCUT2D eigenvalue weighted by atomic mass is 16.7. The molecule has 2 fully saturated rings. The van der Waals surface area contributed by atoms with Crippen LogP contribution in [0.1, 0.15) is 11.1 Å². The highest BCUT2D eigenvalue weighted by Gasteiger charge is 2.63. The average Bonchev–Trinajstić information content (AvgIpc) is 3.09. The molecule has 2 aromatic carbocycles. The number of benzene rings is 2. The Kier molecular flexibility index (Phi) is 12.3. The fourth-order valence-electron chi connectivity index (χ4n) is 5.19. The van der Waals surface area contributed by atoms with E-state index in [1.807, 2.05) is 0 Å². The lowest BCUT2D eigenvalue weighted by molar-refractivity contribution is -0.344. The van der Waals surface area contributed by atoms with Crippen molar-refractivity contribution in [1.82, 2.24) is 0 Å². The van der Waals surface area contributed by atoms with Crippen LogP contribution in [0.3, 0.4) is 0 Å². The fourth-order valence-corrected chi connectivity index (χ4v) is 5.19. The summed E-state index contributed by atoms with van der Waals surface area (Å²) in [5.41, 5.74) is -2.29. The summed E-state index contributed by atoms with van der Waals surface area (Å²) in [4.78, 5) is 27.4. The minimum absolute atomic E-state index is 0.0516. The minimum Gasteiger partial charge on any atom is -0.504 e. The second-order valence-corrected chi connectivity index (χ2v) is 11.1. The van der Waals surface area contributed by atoms with Crippen LogP contribution in [0.25, 0.3) is 12.2 Å². The molecule has 0 unspecified atom stereocenters. The standard InChI is InChI=1S/C32H38O17/c1-44-19-11-15(3-7-17(19)34)5-9-23(36)32(49-24(37)10-6-16-4-8-18(35)20(12-16)45-2)29(42)26(39)21(13-33)48-31(32)46-14-22-25(38)27(40)28(41)30(43)47-22/h3-12,21-22,25-31,33-35,38-43H,13-14H2,1-2H3/t21-,22-,25-,26-,27+,28-,29+,30-,31-,32-/m1/s1. The molecule has 0 saturated carbocycles. The van der Waals surface area contributed by atoms with Crippen molar-refractivity contribution in [3.63, 3.8) is 0 Å². The summed E-state index contributed by atoms with van der Waals surface area (Å²) >= 11 is 0. The molecular formula is C32H38O17. The minimum atomic E-state index is -2.92. The van der Waals surface area contributed by atoms with E-state index in [0.717, 1.165) is 12.2 Å². The molecule has 2 saturated heterocycles. The van der Waals surface area contributed by atoms with Gasteiger partial charge in [-0.2, -0.15) is 0 Å². The first-order valence-electron chi connectivity index (χ1n) is 14.8. The van der Waals surface area contributed by atoms with Crippen molar-refractivity contribution in [3.05, 3.63) is 59.7 Å². The van der Waals surface area contributed by atoms with Gasteiger partial charge in [0, 0.05) is 6.08 Å². The Bertz CT molecular complexity index is 1530. The van der Waals surface area contributed by atoms with E-state index in [1.165, 1.54) is 62.8 Å². The third-order valence-electron chi connectivity index (χ3n) is 7.97. The van der Waals surface area contributed by atoms with E-state index in [1.54, 1.807) is 0 Å². The van der Waals surface area contributed by atoms with E-state index < -0.39 is 85.9 Å². The van der Waals surface area contributed by atoms with Gasteiger partial charge in [-0.1, -0.05) is 18.2 Å². The summed E-state index contributed by atoms with van der Waals surface area (Å²) < 4.78 is 32.1. The van der Waals surface area contributed by atoms with Crippen LogP contribution >= 0.6 is 0 Å². The summed E-state index contributed by atoms with van der Waals surface area (Å²) in [6.07, 6.45) is -13.1. The number of aliphatic hydroxyl groups excluding tert-OH is 7. The van der Waals surface area contributed by atoms with Gasteiger partial charge < -0.3 is 74.4 Å². The molecule has 49 heavy (non-hydrogen) atoms. The van der Waals surface area contributed by atoms with E-state index in [-0.39, 0.29) is 23.0 Å². The third-order valence-corrected chi connectivity index (χ3v) is 7.97. The van der Waals surface area contributed by atoms with Crippen molar-refractivity contribution >= 4 is 23.9 Å². The number of phenolic OH excluding ortho intramolecular Hbond substituents is 2. The van der Waals surface area contributed by atoms with Crippen LogP contribution in [-0.2, 0) is 28.5 Å². The predicted octanol–water partition coefficient (Wildman–Crippen LogP) is -2.05. The number of esters is 1. The highest BCUT2D eigenvalue weighted by molar-refractivity contribution is 6.03. The van der Waals surface area contributed by atoms with E-state index in [9.17, 15) is 55.5 Å². The molecule has 17 nitrogen and oxygen atoms in total. The van der Waals surface area contributed by atoms with Crippen LogP contribution in [0, 0.1) is 0 Å². The number of carbonyl (C=O) groups is 2. The summed E-state index contributed by atoms with van der Waals surface area (Å²) in [7, 11) is 2.61. The maximum absolute atomic E-state index is 14.1. The second-order valence-electron chi connectivity index (χ2n) is 11.1. The van der Waals surface area contributed by atoms with E-state index in [2.05, 4.69) is 0 Å². The van der Waals surface area contributed by atoms with Crippen molar-refractivity contribution in [2.24, 2.45) is 0 Å². The maximum Gasteiger partial charge on any atom is 0.332 e. The smallest absolute Gasteiger partial charge is 0.332 e. The predicted molar refractivity (Wildman–Crippen MR) is 164 cm³/mol. The number of aliphatic hydroxyl groups is 7. The number of methoxy groups -OCH3 is 2. The first kappa shape index (κ1) is 37.7. The zero-order valence-corrected chi connectivity index (χ0v) is 26.2. The first-order valence-corrected chi connectivity index (χ1v) is 14.8. The number of aromatic hydroxyl groups is 2. The molecule has 0 aliphatic carbocycles. The molecule has 2 aliphatic rings. The zero-order valence-electron chi connectivity index (χ0n) is 26.2. The molecule has 0 aromatic heterocycles. The fraction of sp³-hybridized carbons (Fsp3) is 0.438. The molecule has 0 bridgehead atoms. The lowest BCUT2D eigenvalue weighted by Gasteiger charge is -2.48. The second kappa shape index (κ2) is 16.0. The molecule has 9 N–H and O–H groups in total. The van der Waals surface area contributed by atoms with Crippen LogP contribution in [0.4, 0.5) is 0 Å². The molecule has 0 radical (unpaired) electrons. The molecule has 0 spiro atoms. The number of carbonyl (C=O) groups excluding carboxylic acids is 2.